The summed E-state index contributed by atoms with van der Waals surface area (Å²) in [6, 6.07) is 0. The van der Waals surface area contributed by atoms with Gasteiger partial charge < -0.3 is 12.8 Å². The number of hydrogen-bond acceptors (Lipinski definition) is 0. The van der Waals surface area contributed by atoms with E-state index in [0.29, 0.717) is 0 Å². The molecule has 0 aromatic heterocycles. The molecule has 0 unspecified atom stereocenters. The molecular weight excluding hydrogens is 1310 g/mol. The second kappa shape index (κ2) is 150. The van der Waals surface area contributed by atoms with Crippen LogP contribution < -0.4 is 462 Å². The van der Waals surface area contributed by atoms with E-state index in [9.17, 15) is 0 Å². The fourth-order valence-corrected chi connectivity index (χ4v) is 0. The average Bonchev–Trinajstić information content (AvgIpc) is 0. The zero-order valence-electron chi connectivity index (χ0n) is 22.9. The van der Waals surface area contributed by atoms with Crippen LogP contribution in [0.4, 0.5) is 0 Å². The van der Waals surface area contributed by atoms with Crippen LogP contribution in [0.3, 0.4) is 0 Å². The zero-order chi connectivity index (χ0) is 0. The number of hydrogen-bond donors (Lipinski definition) is 0. The Kier molecular flexibility index (Phi) is 1160. The molecule has 0 bridgehead atoms. The van der Waals surface area contributed by atoms with E-state index in [4.69, 9.17) is 0 Å². The standard InChI is InChI=1S/12BrH.9K.9H/h12*1H;;;;;;;;;;;;;;;;;;/q;;;;;;;;;;;;9*+1;9*-1. The van der Waals surface area contributed by atoms with Crippen LogP contribution in [0.15, 0.2) is 0 Å². The van der Waals surface area contributed by atoms with E-state index in [1.54, 1.807) is 0 Å². The summed E-state index contributed by atoms with van der Waals surface area (Å²) in [7, 11) is 0. The first-order chi connectivity index (χ1) is 0. The Balaban J connectivity index is 0. The molecule has 0 aliphatic carbocycles. The van der Waals surface area contributed by atoms with E-state index in [2.05, 4.69) is 0 Å². The molecule has 0 heterocycles. The van der Waals surface area contributed by atoms with Gasteiger partial charge in [-0.2, -0.15) is 0 Å². The molecule has 0 aromatic carbocycles. The maximum atomic E-state index is 0. The summed E-state index contributed by atoms with van der Waals surface area (Å²) < 4.78 is 0. The van der Waals surface area contributed by atoms with Crippen molar-refractivity contribution in [1.29, 1.82) is 0 Å². The Morgan fingerprint density at radius 3 is 0.143 bits per heavy atom. The summed E-state index contributed by atoms with van der Waals surface area (Å²) >= 11 is 0. The molecule has 0 aliphatic rings. The third kappa shape index (κ3) is 143. The molecule has 0 saturated heterocycles. The molecule has 0 nitrogen and oxygen atoms in total. The first-order valence-corrected chi connectivity index (χ1v) is 0. The average molecular weight is 1330 g/mol. The number of rotatable bonds is 0. The molecule has 114 valence electrons. The third-order valence-corrected chi connectivity index (χ3v) is 0. The largest absolute Gasteiger partial charge is 1.00 e. The molecule has 0 rings (SSSR count). The predicted molar refractivity (Wildman–Crippen MR) is 134 cm³/mol. The zero-order valence-corrected chi connectivity index (χ0v) is 62.6. The van der Waals surface area contributed by atoms with Crippen LogP contribution in [-0.4, -0.2) is 0 Å². The molecule has 0 aromatic rings. The topological polar surface area (TPSA) is 0 Å². The van der Waals surface area contributed by atoms with Gasteiger partial charge in [-0.3, -0.25) is 0 Å². The van der Waals surface area contributed by atoms with Crippen molar-refractivity contribution in [2.24, 2.45) is 0 Å². The van der Waals surface area contributed by atoms with Gasteiger partial charge in [0.1, 0.15) is 0 Å². The summed E-state index contributed by atoms with van der Waals surface area (Å²) in [6.45, 7) is 0. The third-order valence-electron chi connectivity index (χ3n) is 0. The Labute approximate surface area is 653 Å². The van der Waals surface area contributed by atoms with Crippen molar-refractivity contribution in [2.45, 2.75) is 0 Å². The monoisotopic (exact) mass is 1320 g/mol. The van der Waals surface area contributed by atoms with E-state index < -0.39 is 0 Å². The van der Waals surface area contributed by atoms with Crippen molar-refractivity contribution in [2.75, 3.05) is 0 Å². The minimum absolute atomic E-state index is 0. The first kappa shape index (κ1) is 162. The van der Waals surface area contributed by atoms with Gasteiger partial charge in [0, 0.05) is 0 Å². The van der Waals surface area contributed by atoms with Crippen LogP contribution in [0.1, 0.15) is 12.8 Å². The summed E-state index contributed by atoms with van der Waals surface area (Å²) in [5.74, 6) is 0. The van der Waals surface area contributed by atoms with Crippen molar-refractivity contribution in [3.8, 4) is 0 Å². The van der Waals surface area contributed by atoms with Crippen molar-refractivity contribution in [3.05, 3.63) is 0 Å². The molecule has 21 heavy (non-hydrogen) atoms. The minimum atomic E-state index is 0. The SMILES string of the molecule is Br.Br.Br.Br.Br.Br.Br.Br.Br.Br.Br.Br.[H-].[H-].[H-].[H-].[H-].[H-].[H-].[H-].[H-].[K+].[K+].[K+].[K+].[K+].[K+].[K+].[K+].[K+]. The van der Waals surface area contributed by atoms with E-state index in [0.717, 1.165) is 0 Å². The van der Waals surface area contributed by atoms with Crippen LogP contribution in [0.2, 0.25) is 0 Å². The molecule has 0 fully saturated rings. The van der Waals surface area contributed by atoms with Gasteiger partial charge in [0.15, 0.2) is 0 Å². The van der Waals surface area contributed by atoms with Crippen molar-refractivity contribution < 1.29 is 475 Å². The van der Waals surface area contributed by atoms with E-state index in [1.165, 1.54) is 0 Å². The van der Waals surface area contributed by atoms with E-state index in [1.807, 2.05) is 0 Å². The summed E-state index contributed by atoms with van der Waals surface area (Å²) in [5.41, 5.74) is 0. The van der Waals surface area contributed by atoms with Gasteiger partial charge in [-0.1, -0.05) is 0 Å². The molecule has 0 aliphatic heterocycles. The van der Waals surface area contributed by atoms with Gasteiger partial charge in [-0.25, -0.2) is 0 Å². The molecule has 21 heteroatoms. The molecule has 0 radical (unpaired) electrons. The van der Waals surface area contributed by atoms with Crippen LogP contribution in [0.25, 0.3) is 0 Å². The maximum absolute atomic E-state index is 0. The first-order valence-electron chi connectivity index (χ1n) is 0. The molecule has 0 atom stereocenters. The van der Waals surface area contributed by atoms with Gasteiger partial charge in [-0.15, -0.1) is 204 Å². The Hall–Kier alpha value is 20.5. The minimum Gasteiger partial charge on any atom is -1.00 e. The molecule has 0 spiro atoms. The molecule has 0 saturated carbocycles. The fraction of sp³-hybridized carbons (Fsp3) is 0. The predicted octanol–water partition coefficient (Wildman–Crippen LogP) is -19.0. The quantitative estimate of drug-likeness (QED) is 0.212. The fourth-order valence-electron chi connectivity index (χ4n) is 0. The Bertz CT molecular complexity index is 47.1. The van der Waals surface area contributed by atoms with Crippen molar-refractivity contribution in [1.82, 2.24) is 0 Å². The maximum Gasteiger partial charge on any atom is 1.00 e. The van der Waals surface area contributed by atoms with Gasteiger partial charge in [0.05, 0.1) is 0 Å². The van der Waals surface area contributed by atoms with Crippen LogP contribution in [-0.2, 0) is 0 Å². The number of halogens is 12. The van der Waals surface area contributed by atoms with Gasteiger partial charge in [0.2, 0.25) is 0 Å². The van der Waals surface area contributed by atoms with E-state index >= 15 is 0 Å². The van der Waals surface area contributed by atoms with Crippen LogP contribution >= 0.6 is 204 Å². The second-order valence-corrected chi connectivity index (χ2v) is 0. The summed E-state index contributed by atoms with van der Waals surface area (Å²) in [4.78, 5) is 0. The molecule has 0 N–H and O–H groups in total. The Morgan fingerprint density at radius 2 is 0.143 bits per heavy atom. The molecule has 0 amide bonds. The molecular formula is H21Br12K9. The smallest absolute Gasteiger partial charge is 1.00 e. The second-order valence-electron chi connectivity index (χ2n) is 0. The van der Waals surface area contributed by atoms with Gasteiger partial charge in [-0.05, 0) is 0 Å². The van der Waals surface area contributed by atoms with E-state index in [-0.39, 0.29) is 679 Å². The van der Waals surface area contributed by atoms with Crippen molar-refractivity contribution >= 4 is 204 Å². The summed E-state index contributed by atoms with van der Waals surface area (Å²) in [6.07, 6.45) is 0. The van der Waals surface area contributed by atoms with Crippen molar-refractivity contribution in [3.63, 3.8) is 0 Å². The van der Waals surface area contributed by atoms with Gasteiger partial charge >= 0.3 is 462 Å². The van der Waals surface area contributed by atoms with Crippen LogP contribution in [0.5, 0.6) is 0 Å². The van der Waals surface area contributed by atoms with Crippen LogP contribution in [0, 0.1) is 0 Å². The normalized spacial score (nSPS) is 0. The van der Waals surface area contributed by atoms with Gasteiger partial charge in [0.25, 0.3) is 0 Å². The Morgan fingerprint density at radius 1 is 0.143 bits per heavy atom. The summed E-state index contributed by atoms with van der Waals surface area (Å²) in [5, 5.41) is 0.